The molecule has 0 amide bonds. The van der Waals surface area contributed by atoms with E-state index in [1.54, 1.807) is 0 Å². The molecule has 1 N–H and O–H groups in total. The van der Waals surface area contributed by atoms with Gasteiger partial charge < -0.3 is 9.84 Å². The molecule has 3 rings (SSSR count). The average molecular weight is 337 g/mol. The first-order valence-electron chi connectivity index (χ1n) is 10.7. The van der Waals surface area contributed by atoms with E-state index in [1.807, 2.05) is 13.8 Å². The molecule has 140 valence electrons. The highest BCUT2D eigenvalue weighted by Crippen LogP contribution is 2.41. The van der Waals surface area contributed by atoms with E-state index in [1.165, 1.54) is 51.4 Å². The molecule has 3 aliphatic rings. The van der Waals surface area contributed by atoms with Crippen LogP contribution in [0.5, 0.6) is 0 Å². The Kier molecular flexibility index (Phi) is 8.83. The Labute approximate surface area is 150 Å². The molecule has 2 unspecified atom stereocenters. The highest BCUT2D eigenvalue weighted by atomic mass is 16.6. The molecular formula is C22H40O2. The van der Waals surface area contributed by atoms with Crippen LogP contribution in [0.3, 0.4) is 0 Å². The predicted octanol–water partition coefficient (Wildman–Crippen LogP) is 5.95. The fourth-order valence-electron chi connectivity index (χ4n) is 4.79. The van der Waals surface area contributed by atoms with Crippen molar-refractivity contribution in [2.75, 3.05) is 6.61 Å². The van der Waals surface area contributed by atoms with Gasteiger partial charge in [-0.3, -0.25) is 0 Å². The lowest BCUT2D eigenvalue weighted by molar-refractivity contribution is -0.134. The lowest BCUT2D eigenvalue weighted by Crippen LogP contribution is -2.25. The molecule has 0 radical (unpaired) electrons. The van der Waals surface area contributed by atoms with Gasteiger partial charge in [-0.15, -0.1) is 0 Å². The van der Waals surface area contributed by atoms with Crippen molar-refractivity contribution in [3.63, 3.8) is 0 Å². The topological polar surface area (TPSA) is 29.5 Å². The molecule has 2 heteroatoms. The van der Waals surface area contributed by atoms with E-state index >= 15 is 0 Å². The monoisotopic (exact) mass is 336 g/mol. The maximum atomic E-state index is 9.37. The number of allylic oxidation sites excluding steroid dienone is 1. The zero-order valence-electron chi connectivity index (χ0n) is 16.3. The summed E-state index contributed by atoms with van der Waals surface area (Å²) < 4.78 is 5.34. The summed E-state index contributed by atoms with van der Waals surface area (Å²) in [5.41, 5.74) is 0. The maximum Gasteiger partial charge on any atom is 0.154 e. The third-order valence-electron chi connectivity index (χ3n) is 6.49. The summed E-state index contributed by atoms with van der Waals surface area (Å²) >= 11 is 0. The van der Waals surface area contributed by atoms with E-state index in [2.05, 4.69) is 19.1 Å². The molecular weight excluding hydrogens is 296 g/mol. The Hall–Kier alpha value is -0.340. The van der Waals surface area contributed by atoms with Gasteiger partial charge in [-0.05, 0) is 75.0 Å². The highest BCUT2D eigenvalue weighted by Gasteiger charge is 2.29. The SMILES string of the molecule is CC.CC1CCC(C2CCC(/C=C/C3CCC(O)OC3)CC2)CC1. The number of rotatable bonds is 3. The van der Waals surface area contributed by atoms with Gasteiger partial charge in [-0.2, -0.15) is 0 Å². The van der Waals surface area contributed by atoms with Crippen LogP contribution in [0.25, 0.3) is 0 Å². The molecule has 24 heavy (non-hydrogen) atoms. The Morgan fingerprint density at radius 1 is 0.708 bits per heavy atom. The minimum Gasteiger partial charge on any atom is -0.368 e. The van der Waals surface area contributed by atoms with E-state index in [0.717, 1.165) is 36.5 Å². The van der Waals surface area contributed by atoms with Crippen molar-refractivity contribution in [2.24, 2.45) is 29.6 Å². The molecule has 2 atom stereocenters. The van der Waals surface area contributed by atoms with Crippen LogP contribution in [-0.4, -0.2) is 18.0 Å². The van der Waals surface area contributed by atoms with Crippen molar-refractivity contribution in [3.8, 4) is 0 Å². The molecule has 0 aromatic carbocycles. The van der Waals surface area contributed by atoms with Crippen molar-refractivity contribution >= 4 is 0 Å². The largest absolute Gasteiger partial charge is 0.368 e. The minimum atomic E-state index is -0.515. The lowest BCUT2D eigenvalue weighted by Gasteiger charge is -2.36. The highest BCUT2D eigenvalue weighted by molar-refractivity contribution is 4.96. The zero-order valence-corrected chi connectivity index (χ0v) is 16.3. The summed E-state index contributed by atoms with van der Waals surface area (Å²) in [5.74, 6) is 4.36. The van der Waals surface area contributed by atoms with Crippen molar-refractivity contribution in [2.45, 2.75) is 91.3 Å². The summed E-state index contributed by atoms with van der Waals surface area (Å²) in [6.45, 7) is 7.12. The standard InChI is InChI=1S/C20H34O2.C2H6/c1-15-2-9-18(10-3-15)19-11-6-16(7-12-19)4-5-17-8-13-20(21)22-14-17;1-2/h4-5,15-21H,2-3,6-14H2,1H3;1-2H3/b5-4+;. The number of ether oxygens (including phenoxy) is 1. The van der Waals surface area contributed by atoms with Crippen LogP contribution in [0.15, 0.2) is 12.2 Å². The third-order valence-corrected chi connectivity index (χ3v) is 6.49. The Morgan fingerprint density at radius 2 is 1.21 bits per heavy atom. The van der Waals surface area contributed by atoms with Gasteiger partial charge in [-0.25, -0.2) is 0 Å². The summed E-state index contributed by atoms with van der Waals surface area (Å²) in [6.07, 6.45) is 17.8. The third kappa shape index (κ3) is 6.19. The van der Waals surface area contributed by atoms with Gasteiger partial charge in [0.15, 0.2) is 6.29 Å². The van der Waals surface area contributed by atoms with Gasteiger partial charge in [0.25, 0.3) is 0 Å². The Morgan fingerprint density at radius 3 is 1.75 bits per heavy atom. The summed E-state index contributed by atoms with van der Waals surface area (Å²) in [4.78, 5) is 0. The minimum absolute atomic E-state index is 0.515. The first-order chi connectivity index (χ1) is 11.7. The molecule has 2 saturated carbocycles. The van der Waals surface area contributed by atoms with Crippen LogP contribution in [0.2, 0.25) is 0 Å². The van der Waals surface area contributed by atoms with E-state index in [4.69, 9.17) is 4.74 Å². The molecule has 1 saturated heterocycles. The smallest absolute Gasteiger partial charge is 0.154 e. The molecule has 2 aliphatic carbocycles. The first-order valence-corrected chi connectivity index (χ1v) is 10.7. The van der Waals surface area contributed by atoms with Crippen molar-refractivity contribution in [1.29, 1.82) is 0 Å². The predicted molar refractivity (Wildman–Crippen MR) is 102 cm³/mol. The van der Waals surface area contributed by atoms with Crippen LogP contribution in [0.1, 0.15) is 85.0 Å². The quantitative estimate of drug-likeness (QED) is 0.646. The Balaban J connectivity index is 0.00000100. The van der Waals surface area contributed by atoms with Crippen LogP contribution < -0.4 is 0 Å². The average Bonchev–Trinajstić information content (AvgIpc) is 2.64. The van der Waals surface area contributed by atoms with Crippen LogP contribution in [-0.2, 0) is 4.74 Å². The zero-order chi connectivity index (χ0) is 17.4. The summed E-state index contributed by atoms with van der Waals surface area (Å²) in [6, 6.07) is 0. The molecule has 1 aliphatic heterocycles. The van der Waals surface area contributed by atoms with E-state index in [9.17, 15) is 5.11 Å². The van der Waals surface area contributed by atoms with E-state index in [-0.39, 0.29) is 0 Å². The molecule has 0 spiro atoms. The van der Waals surface area contributed by atoms with E-state index < -0.39 is 6.29 Å². The summed E-state index contributed by atoms with van der Waals surface area (Å²) in [7, 11) is 0. The second-order valence-electron chi connectivity index (χ2n) is 8.21. The van der Waals surface area contributed by atoms with Crippen LogP contribution in [0, 0.1) is 29.6 Å². The van der Waals surface area contributed by atoms with Crippen molar-refractivity contribution < 1.29 is 9.84 Å². The van der Waals surface area contributed by atoms with Gasteiger partial charge in [0.2, 0.25) is 0 Å². The van der Waals surface area contributed by atoms with Gasteiger partial charge in [0.1, 0.15) is 0 Å². The number of aliphatic hydroxyl groups is 1. The van der Waals surface area contributed by atoms with Gasteiger partial charge in [0, 0.05) is 5.92 Å². The van der Waals surface area contributed by atoms with E-state index in [0.29, 0.717) is 12.5 Å². The molecule has 1 heterocycles. The number of hydrogen-bond acceptors (Lipinski definition) is 2. The fourth-order valence-corrected chi connectivity index (χ4v) is 4.79. The fraction of sp³-hybridized carbons (Fsp3) is 0.909. The van der Waals surface area contributed by atoms with Crippen molar-refractivity contribution in [3.05, 3.63) is 12.2 Å². The molecule has 0 bridgehead atoms. The number of aliphatic hydroxyl groups excluding tert-OH is 1. The van der Waals surface area contributed by atoms with Crippen molar-refractivity contribution in [1.82, 2.24) is 0 Å². The van der Waals surface area contributed by atoms with Gasteiger partial charge >= 0.3 is 0 Å². The lowest BCUT2D eigenvalue weighted by atomic mass is 9.69. The molecule has 0 aromatic heterocycles. The second kappa shape index (κ2) is 10.6. The maximum absolute atomic E-state index is 9.37. The number of hydrogen-bond donors (Lipinski definition) is 1. The van der Waals surface area contributed by atoms with Gasteiger partial charge in [-0.1, -0.05) is 45.8 Å². The first kappa shape index (κ1) is 20.0. The molecule has 0 aromatic rings. The Bertz CT molecular complexity index is 341. The second-order valence-corrected chi connectivity index (χ2v) is 8.21. The van der Waals surface area contributed by atoms with Gasteiger partial charge in [0.05, 0.1) is 6.61 Å². The summed E-state index contributed by atoms with van der Waals surface area (Å²) in [5, 5.41) is 9.37. The van der Waals surface area contributed by atoms with Crippen LogP contribution in [0.4, 0.5) is 0 Å². The molecule has 3 fully saturated rings. The van der Waals surface area contributed by atoms with Crippen LogP contribution >= 0.6 is 0 Å². The molecule has 2 nitrogen and oxygen atoms in total. The normalized spacial score (nSPS) is 40.8.